The first-order valence-corrected chi connectivity index (χ1v) is 3.43. The minimum absolute atomic E-state index is 0.00519. The molecule has 0 radical (unpaired) electrons. The quantitative estimate of drug-likeness (QED) is 0.634. The molecule has 0 unspecified atom stereocenters. The molecule has 0 aliphatic heterocycles. The number of carboxylic acids is 1. The van der Waals surface area contributed by atoms with Crippen molar-refractivity contribution in [1.82, 2.24) is 0 Å². The van der Waals surface area contributed by atoms with Crippen LogP contribution in [-0.2, 0) is 4.79 Å². The molecule has 0 atom stereocenters. The largest absolute Gasteiger partial charge is 0.545 e. The van der Waals surface area contributed by atoms with Crippen LogP contribution in [0.2, 0.25) is 0 Å². The summed E-state index contributed by atoms with van der Waals surface area (Å²) in [6, 6.07) is 2.86. The maximum atomic E-state index is 12.8. The lowest BCUT2D eigenvalue weighted by Gasteiger charge is -1.96. The van der Waals surface area contributed by atoms with E-state index in [0.717, 1.165) is 18.2 Å². The lowest BCUT2D eigenvalue weighted by molar-refractivity contribution is -0.297. The first-order chi connectivity index (χ1) is 6.09. The minimum atomic E-state index is -1.43. The van der Waals surface area contributed by atoms with Crippen molar-refractivity contribution in [3.8, 4) is 0 Å². The van der Waals surface area contributed by atoms with E-state index in [9.17, 15) is 18.7 Å². The van der Waals surface area contributed by atoms with Crippen molar-refractivity contribution in [3.05, 3.63) is 41.5 Å². The number of carbonyl (C=O) groups is 1. The summed E-state index contributed by atoms with van der Waals surface area (Å²) in [5.41, 5.74) is 0.00519. The number of rotatable bonds is 2. The van der Waals surface area contributed by atoms with Crippen LogP contribution in [0.3, 0.4) is 0 Å². The predicted molar refractivity (Wildman–Crippen MR) is 40.4 cm³/mol. The third kappa shape index (κ3) is 2.66. The Morgan fingerprint density at radius 1 is 1.38 bits per heavy atom. The van der Waals surface area contributed by atoms with Crippen LogP contribution < -0.4 is 5.11 Å². The molecule has 0 aliphatic rings. The summed E-state index contributed by atoms with van der Waals surface area (Å²) in [4.78, 5) is 9.96. The zero-order chi connectivity index (χ0) is 9.84. The minimum Gasteiger partial charge on any atom is -0.545 e. The molecule has 2 nitrogen and oxygen atoms in total. The van der Waals surface area contributed by atoms with E-state index < -0.39 is 17.6 Å². The van der Waals surface area contributed by atoms with Crippen LogP contribution in [-0.4, -0.2) is 5.97 Å². The standard InChI is InChI=1S/C9H6F2O2/c10-7-3-1-6(8(11)5-7)2-4-9(12)13/h1-5H,(H,12,13)/p-1/b4-2-. The SMILES string of the molecule is O=C([O-])/C=C\c1ccc(F)cc1F. The molecule has 1 aromatic rings. The summed E-state index contributed by atoms with van der Waals surface area (Å²) < 4.78 is 25.1. The number of carboxylic acid groups (broad SMARTS) is 1. The summed E-state index contributed by atoms with van der Waals surface area (Å²) in [5, 5.41) is 9.96. The number of benzene rings is 1. The maximum Gasteiger partial charge on any atom is 0.133 e. The van der Waals surface area contributed by atoms with Gasteiger partial charge in [-0.05, 0) is 18.2 Å². The zero-order valence-corrected chi connectivity index (χ0v) is 6.46. The number of hydrogen-bond acceptors (Lipinski definition) is 2. The summed E-state index contributed by atoms with van der Waals surface area (Å²) in [7, 11) is 0. The fraction of sp³-hybridized carbons (Fsp3) is 0. The Morgan fingerprint density at radius 3 is 2.62 bits per heavy atom. The van der Waals surface area contributed by atoms with Crippen LogP contribution in [0.4, 0.5) is 8.78 Å². The Balaban J connectivity index is 2.96. The van der Waals surface area contributed by atoms with Crippen LogP contribution >= 0.6 is 0 Å². The Labute approximate surface area is 73.1 Å². The predicted octanol–water partition coefficient (Wildman–Crippen LogP) is 0.728. The van der Waals surface area contributed by atoms with Crippen LogP contribution in [0.1, 0.15) is 5.56 Å². The van der Waals surface area contributed by atoms with Gasteiger partial charge in [0, 0.05) is 11.6 Å². The van der Waals surface area contributed by atoms with Gasteiger partial charge in [0.2, 0.25) is 0 Å². The van der Waals surface area contributed by atoms with Crippen molar-refractivity contribution in [3.63, 3.8) is 0 Å². The summed E-state index contributed by atoms with van der Waals surface area (Å²) in [6.07, 6.45) is 1.68. The van der Waals surface area contributed by atoms with E-state index in [2.05, 4.69) is 0 Å². The van der Waals surface area contributed by atoms with E-state index in [1.165, 1.54) is 0 Å². The molecule has 0 saturated carbocycles. The highest BCUT2D eigenvalue weighted by molar-refractivity contribution is 5.83. The van der Waals surface area contributed by atoms with Crippen LogP contribution in [0.25, 0.3) is 6.08 Å². The summed E-state index contributed by atoms with van der Waals surface area (Å²) >= 11 is 0. The van der Waals surface area contributed by atoms with Crippen LogP contribution in [0.5, 0.6) is 0 Å². The molecule has 0 aromatic heterocycles. The van der Waals surface area contributed by atoms with Crippen molar-refractivity contribution >= 4 is 12.0 Å². The van der Waals surface area contributed by atoms with Crippen molar-refractivity contribution in [2.75, 3.05) is 0 Å². The molecule has 1 aromatic carbocycles. The van der Waals surface area contributed by atoms with E-state index in [0.29, 0.717) is 12.1 Å². The third-order valence-corrected chi connectivity index (χ3v) is 1.36. The summed E-state index contributed by atoms with van der Waals surface area (Å²) in [5.74, 6) is -2.94. The molecule has 0 spiro atoms. The van der Waals surface area contributed by atoms with Crippen molar-refractivity contribution in [2.24, 2.45) is 0 Å². The first kappa shape index (κ1) is 9.38. The van der Waals surface area contributed by atoms with E-state index in [1.807, 2.05) is 0 Å². The molecule has 1 rings (SSSR count). The molecule has 4 heteroatoms. The molecule has 0 N–H and O–H groups in total. The third-order valence-electron chi connectivity index (χ3n) is 1.36. The zero-order valence-electron chi connectivity index (χ0n) is 6.46. The second-order valence-corrected chi connectivity index (χ2v) is 2.32. The second-order valence-electron chi connectivity index (χ2n) is 2.32. The summed E-state index contributed by atoms with van der Waals surface area (Å²) in [6.45, 7) is 0. The molecular formula is C9H5F2O2-. The van der Waals surface area contributed by atoms with Gasteiger partial charge in [0.15, 0.2) is 0 Å². The van der Waals surface area contributed by atoms with Crippen molar-refractivity contribution in [2.45, 2.75) is 0 Å². The number of halogens is 2. The van der Waals surface area contributed by atoms with Gasteiger partial charge in [0.05, 0.1) is 5.97 Å². The van der Waals surface area contributed by atoms with E-state index in [-0.39, 0.29) is 5.56 Å². The average Bonchev–Trinajstić information content (AvgIpc) is 2.02. The monoisotopic (exact) mass is 183 g/mol. The van der Waals surface area contributed by atoms with Gasteiger partial charge in [-0.3, -0.25) is 0 Å². The van der Waals surface area contributed by atoms with Crippen LogP contribution in [0, 0.1) is 11.6 Å². The molecule has 13 heavy (non-hydrogen) atoms. The van der Waals surface area contributed by atoms with Gasteiger partial charge in [0.25, 0.3) is 0 Å². The molecule has 0 fully saturated rings. The molecule has 0 aliphatic carbocycles. The van der Waals surface area contributed by atoms with E-state index in [4.69, 9.17) is 0 Å². The number of aliphatic carboxylic acids is 1. The highest BCUT2D eigenvalue weighted by Crippen LogP contribution is 2.10. The highest BCUT2D eigenvalue weighted by Gasteiger charge is 1.99. The maximum absolute atomic E-state index is 12.8. The molecular weight excluding hydrogens is 178 g/mol. The lowest BCUT2D eigenvalue weighted by Crippen LogP contribution is -2.18. The Bertz CT molecular complexity index is 359. The molecule has 68 valence electrons. The van der Waals surface area contributed by atoms with Crippen LogP contribution in [0.15, 0.2) is 24.3 Å². The van der Waals surface area contributed by atoms with Gasteiger partial charge in [0.1, 0.15) is 11.6 Å². The van der Waals surface area contributed by atoms with Gasteiger partial charge in [-0.2, -0.15) is 0 Å². The molecule has 0 saturated heterocycles. The molecule has 0 amide bonds. The Morgan fingerprint density at radius 2 is 2.08 bits per heavy atom. The van der Waals surface area contributed by atoms with Gasteiger partial charge in [-0.1, -0.05) is 6.08 Å². The number of carbonyl (C=O) groups excluding carboxylic acids is 1. The Hall–Kier alpha value is -1.71. The first-order valence-electron chi connectivity index (χ1n) is 3.43. The highest BCUT2D eigenvalue weighted by atomic mass is 19.1. The van der Waals surface area contributed by atoms with Crippen molar-refractivity contribution < 1.29 is 18.7 Å². The normalized spacial score (nSPS) is 10.6. The second kappa shape index (κ2) is 3.80. The fourth-order valence-corrected chi connectivity index (χ4v) is 0.794. The van der Waals surface area contributed by atoms with Gasteiger partial charge in [-0.15, -0.1) is 0 Å². The van der Waals surface area contributed by atoms with Gasteiger partial charge < -0.3 is 9.90 Å². The van der Waals surface area contributed by atoms with Crippen molar-refractivity contribution in [1.29, 1.82) is 0 Å². The smallest absolute Gasteiger partial charge is 0.133 e. The fourth-order valence-electron chi connectivity index (χ4n) is 0.794. The lowest BCUT2D eigenvalue weighted by atomic mass is 10.2. The van der Waals surface area contributed by atoms with E-state index in [1.54, 1.807) is 0 Å². The molecule has 0 heterocycles. The molecule has 0 bridgehead atoms. The average molecular weight is 183 g/mol. The number of hydrogen-bond donors (Lipinski definition) is 0. The van der Waals surface area contributed by atoms with E-state index >= 15 is 0 Å². The van der Waals surface area contributed by atoms with Gasteiger partial charge >= 0.3 is 0 Å². The Kier molecular flexibility index (Phi) is 2.74. The topological polar surface area (TPSA) is 40.1 Å². The van der Waals surface area contributed by atoms with Gasteiger partial charge in [-0.25, -0.2) is 8.78 Å².